The van der Waals surface area contributed by atoms with Crippen molar-refractivity contribution in [3.05, 3.63) is 35.9 Å². The van der Waals surface area contributed by atoms with Crippen LogP contribution in [0.15, 0.2) is 34.7 Å². The molecule has 0 N–H and O–H groups in total. The van der Waals surface area contributed by atoms with Gasteiger partial charge in [0.2, 0.25) is 0 Å². The highest BCUT2D eigenvalue weighted by molar-refractivity contribution is 7.91. The summed E-state index contributed by atoms with van der Waals surface area (Å²) in [6.07, 6.45) is -0.191. The molecule has 0 spiro atoms. The summed E-state index contributed by atoms with van der Waals surface area (Å²) < 4.78 is 28.4. The van der Waals surface area contributed by atoms with E-state index < -0.39 is 22.3 Å². The third-order valence-corrected chi connectivity index (χ3v) is 3.29. The predicted molar refractivity (Wildman–Crippen MR) is 66.7 cm³/mol. The number of halogens is 1. The molecular weight excluding hydrogens is 225 g/mol. The van der Waals surface area contributed by atoms with Gasteiger partial charge in [-0.25, -0.2) is 4.39 Å². The van der Waals surface area contributed by atoms with E-state index in [0.717, 1.165) is 6.21 Å². The minimum atomic E-state index is -1.40. The second-order valence-electron chi connectivity index (χ2n) is 4.43. The first-order valence-electron chi connectivity index (χ1n) is 5.06. The van der Waals surface area contributed by atoms with Crippen LogP contribution in [0.1, 0.15) is 32.5 Å². The third kappa shape index (κ3) is 3.94. The fourth-order valence-electron chi connectivity index (χ4n) is 0.990. The van der Waals surface area contributed by atoms with E-state index in [2.05, 4.69) is 4.40 Å². The Morgan fingerprint density at radius 1 is 1.31 bits per heavy atom. The highest BCUT2D eigenvalue weighted by Crippen LogP contribution is 2.19. The first-order valence-corrected chi connectivity index (χ1v) is 6.17. The zero-order chi connectivity index (χ0) is 12.2. The van der Waals surface area contributed by atoms with Crippen LogP contribution in [-0.2, 0) is 11.4 Å². The summed E-state index contributed by atoms with van der Waals surface area (Å²) in [5, 5.41) is 0. The molecule has 88 valence electrons. The number of hydrogen-bond donors (Lipinski definition) is 0. The monoisotopic (exact) mass is 241 g/mol. The minimum absolute atomic E-state index is 0.451. The van der Waals surface area contributed by atoms with Crippen molar-refractivity contribution in [2.45, 2.75) is 31.7 Å². The van der Waals surface area contributed by atoms with Crippen molar-refractivity contribution in [1.29, 1.82) is 0 Å². The first kappa shape index (κ1) is 13.2. The van der Waals surface area contributed by atoms with Crippen LogP contribution >= 0.6 is 0 Å². The van der Waals surface area contributed by atoms with Gasteiger partial charge in [0, 0.05) is 0 Å². The van der Waals surface area contributed by atoms with Gasteiger partial charge in [0.25, 0.3) is 0 Å². The minimum Gasteiger partial charge on any atom is -0.591 e. The Bertz CT molecular complexity index is 348. The maximum atomic E-state index is 13.6. The lowest BCUT2D eigenvalue weighted by Gasteiger charge is -2.17. The van der Waals surface area contributed by atoms with Gasteiger partial charge in [-0.15, -0.1) is 0 Å². The van der Waals surface area contributed by atoms with E-state index >= 15 is 0 Å². The van der Waals surface area contributed by atoms with Crippen LogP contribution in [0.5, 0.6) is 0 Å². The van der Waals surface area contributed by atoms with E-state index in [9.17, 15) is 8.94 Å². The maximum Gasteiger partial charge on any atom is 0.165 e. The van der Waals surface area contributed by atoms with Crippen LogP contribution in [-0.4, -0.2) is 15.5 Å². The average Bonchev–Trinajstić information content (AvgIpc) is 2.25. The van der Waals surface area contributed by atoms with E-state index in [0.29, 0.717) is 5.56 Å². The van der Waals surface area contributed by atoms with Crippen molar-refractivity contribution in [3.8, 4) is 0 Å². The molecule has 0 saturated heterocycles. The first-order chi connectivity index (χ1) is 7.41. The number of nitrogens with zero attached hydrogens (tertiary/aromatic N) is 1. The molecule has 0 aliphatic rings. The molecule has 0 radical (unpaired) electrons. The van der Waals surface area contributed by atoms with E-state index in [1.807, 2.05) is 6.07 Å². The molecule has 0 aliphatic carbocycles. The summed E-state index contributed by atoms with van der Waals surface area (Å²) in [7, 11) is 0. The van der Waals surface area contributed by atoms with Crippen molar-refractivity contribution in [3.63, 3.8) is 0 Å². The normalized spacial score (nSPS) is 16.3. The smallest absolute Gasteiger partial charge is 0.165 e. The molecule has 4 heteroatoms. The fraction of sp³-hybridized carbons (Fsp3) is 0.417. The topological polar surface area (TPSA) is 35.4 Å². The third-order valence-electron chi connectivity index (χ3n) is 1.93. The molecule has 0 heterocycles. The van der Waals surface area contributed by atoms with Crippen LogP contribution in [0.3, 0.4) is 0 Å². The average molecular weight is 241 g/mol. The molecule has 0 bridgehead atoms. The Morgan fingerprint density at radius 2 is 1.88 bits per heavy atom. The molecule has 2 nitrogen and oxygen atoms in total. The van der Waals surface area contributed by atoms with Gasteiger partial charge >= 0.3 is 0 Å². The van der Waals surface area contributed by atoms with Gasteiger partial charge in [-0.1, -0.05) is 34.7 Å². The highest BCUT2D eigenvalue weighted by atomic mass is 32.2. The Kier molecular flexibility index (Phi) is 4.50. The van der Waals surface area contributed by atoms with Gasteiger partial charge in [-0.3, -0.25) is 0 Å². The van der Waals surface area contributed by atoms with Gasteiger partial charge in [-0.05, 0) is 26.3 Å². The zero-order valence-corrected chi connectivity index (χ0v) is 10.5. The standard InChI is InChI=1S/C12H16FNOS/c1-12(2,3)16(15)14-9-11(13)10-7-5-4-6-8-10/h4-9,11H,1-3H3/b14-9+/t11-,16?/m0/s1. The lowest BCUT2D eigenvalue weighted by atomic mass is 10.1. The van der Waals surface area contributed by atoms with Crippen LogP contribution in [0, 0.1) is 0 Å². The largest absolute Gasteiger partial charge is 0.591 e. The van der Waals surface area contributed by atoms with Crippen LogP contribution in [0.4, 0.5) is 4.39 Å². The van der Waals surface area contributed by atoms with Gasteiger partial charge in [0.05, 0.1) is 6.21 Å². The van der Waals surface area contributed by atoms with E-state index in [1.165, 1.54) is 0 Å². The van der Waals surface area contributed by atoms with Crippen molar-refractivity contribution >= 4 is 17.6 Å². The number of alkyl halides is 1. The summed E-state index contributed by atoms with van der Waals surface area (Å²) >= 11 is -1.40. The molecule has 1 aromatic carbocycles. The molecular formula is C12H16FNOS. The number of benzene rings is 1. The van der Waals surface area contributed by atoms with Crippen LogP contribution in [0.2, 0.25) is 0 Å². The highest BCUT2D eigenvalue weighted by Gasteiger charge is 2.26. The molecule has 0 amide bonds. The Labute approximate surface area is 98.9 Å². The van der Waals surface area contributed by atoms with Crippen molar-refractivity contribution < 1.29 is 8.94 Å². The molecule has 0 aliphatic heterocycles. The van der Waals surface area contributed by atoms with E-state index in [4.69, 9.17) is 0 Å². The summed E-state index contributed by atoms with van der Waals surface area (Å²) in [5.41, 5.74) is 0.525. The summed E-state index contributed by atoms with van der Waals surface area (Å²) in [4.78, 5) is 0. The Hall–Kier alpha value is -0.870. The molecule has 0 saturated carbocycles. The summed E-state index contributed by atoms with van der Waals surface area (Å²) in [5.74, 6) is 0. The molecule has 0 aromatic heterocycles. The van der Waals surface area contributed by atoms with E-state index in [-0.39, 0.29) is 0 Å². The Morgan fingerprint density at radius 3 is 2.38 bits per heavy atom. The fourth-order valence-corrected chi connectivity index (χ4v) is 1.52. The van der Waals surface area contributed by atoms with Gasteiger partial charge in [-0.2, -0.15) is 0 Å². The van der Waals surface area contributed by atoms with Gasteiger partial charge in [0.15, 0.2) is 6.17 Å². The SMILES string of the molecule is CC(C)(C)[S+]([O-])/N=C/[C@H](F)c1ccccc1. The quantitative estimate of drug-likeness (QED) is 0.591. The summed E-state index contributed by atoms with van der Waals surface area (Å²) in [6.45, 7) is 5.41. The maximum absolute atomic E-state index is 13.6. The predicted octanol–water partition coefficient (Wildman–Crippen LogP) is 3.23. The van der Waals surface area contributed by atoms with E-state index in [1.54, 1.807) is 45.0 Å². The second kappa shape index (κ2) is 5.46. The van der Waals surface area contributed by atoms with Gasteiger partial charge in [0.1, 0.15) is 16.1 Å². The lowest BCUT2D eigenvalue weighted by molar-refractivity contribution is 0.446. The Balaban J connectivity index is 2.65. The van der Waals surface area contributed by atoms with Crippen LogP contribution in [0.25, 0.3) is 0 Å². The number of hydrogen-bond acceptors (Lipinski definition) is 2. The number of rotatable bonds is 3. The van der Waals surface area contributed by atoms with Crippen molar-refractivity contribution in [2.24, 2.45) is 4.40 Å². The summed E-state index contributed by atoms with van der Waals surface area (Å²) in [6, 6.07) is 8.70. The molecule has 1 unspecified atom stereocenters. The molecule has 16 heavy (non-hydrogen) atoms. The van der Waals surface area contributed by atoms with Crippen molar-refractivity contribution in [1.82, 2.24) is 0 Å². The molecule has 1 rings (SSSR count). The van der Waals surface area contributed by atoms with Gasteiger partial charge < -0.3 is 4.55 Å². The zero-order valence-electron chi connectivity index (χ0n) is 9.68. The van der Waals surface area contributed by atoms with Crippen molar-refractivity contribution in [2.75, 3.05) is 0 Å². The lowest BCUT2D eigenvalue weighted by Crippen LogP contribution is -2.26. The molecule has 2 atom stereocenters. The van der Waals surface area contributed by atoms with Crippen LogP contribution < -0.4 is 0 Å². The second-order valence-corrected chi connectivity index (χ2v) is 6.36. The molecule has 1 aromatic rings. The molecule has 0 fully saturated rings.